The largest absolute Gasteiger partial charge is 0.288 e. The molecule has 0 radical (unpaired) electrons. The molecular weight excluding hydrogens is 178 g/mol. The van der Waals surface area contributed by atoms with Crippen LogP contribution in [-0.2, 0) is 11.2 Å². The minimum absolute atomic E-state index is 0.518. The quantitative estimate of drug-likeness (QED) is 0.434. The predicted octanol–water partition coefficient (Wildman–Crippen LogP) is 1.77. The monoisotopic (exact) mass is 191 g/mol. The second-order valence-electron chi connectivity index (χ2n) is 2.86. The predicted molar refractivity (Wildman–Crippen MR) is 54.8 cm³/mol. The van der Waals surface area contributed by atoms with Crippen LogP contribution in [0.2, 0.25) is 0 Å². The van der Waals surface area contributed by atoms with Crippen molar-refractivity contribution in [2.75, 3.05) is 0 Å². The summed E-state index contributed by atoms with van der Waals surface area (Å²) in [6, 6.07) is 7.81. The molecule has 2 N–H and O–H groups in total. The fourth-order valence-electron chi connectivity index (χ4n) is 1.22. The molecule has 74 valence electrons. The number of benzene rings is 1. The maximum atomic E-state index is 10.7. The van der Waals surface area contributed by atoms with Crippen molar-refractivity contribution < 1.29 is 10.0 Å². The number of carbonyl (C=O) groups is 1. The van der Waals surface area contributed by atoms with Gasteiger partial charge in [0.05, 0.1) is 0 Å². The normalized spacial score (nSPS) is 10.4. The summed E-state index contributed by atoms with van der Waals surface area (Å²) in [4.78, 5) is 10.7. The standard InChI is InChI=1S/C11H13NO2/c1-2-9-5-3-4-6-10(9)7-8-11(13)12-14/h3-8,14H,2H2,1H3,(H,12,13)/b8-7+. The molecule has 1 amide bonds. The number of hydrogen-bond donors (Lipinski definition) is 2. The number of amides is 1. The van der Waals surface area contributed by atoms with Crippen LogP contribution in [0.1, 0.15) is 18.1 Å². The van der Waals surface area contributed by atoms with Crippen LogP contribution in [0.3, 0.4) is 0 Å². The molecule has 3 heteroatoms. The molecule has 0 bridgehead atoms. The van der Waals surface area contributed by atoms with Gasteiger partial charge >= 0.3 is 0 Å². The summed E-state index contributed by atoms with van der Waals surface area (Å²) in [6.07, 6.45) is 3.90. The van der Waals surface area contributed by atoms with E-state index in [0.29, 0.717) is 0 Å². The van der Waals surface area contributed by atoms with E-state index >= 15 is 0 Å². The number of rotatable bonds is 3. The highest BCUT2D eigenvalue weighted by molar-refractivity contribution is 5.91. The molecule has 0 aliphatic carbocycles. The molecular formula is C11H13NO2. The number of carbonyl (C=O) groups excluding carboxylic acids is 1. The van der Waals surface area contributed by atoms with Crippen molar-refractivity contribution >= 4 is 12.0 Å². The smallest absolute Gasteiger partial charge is 0.267 e. The molecule has 0 saturated heterocycles. The molecule has 0 unspecified atom stereocenters. The van der Waals surface area contributed by atoms with Crippen molar-refractivity contribution in [1.29, 1.82) is 0 Å². The van der Waals surface area contributed by atoms with Crippen LogP contribution in [0, 0.1) is 0 Å². The van der Waals surface area contributed by atoms with Gasteiger partial charge in [0.1, 0.15) is 0 Å². The Morgan fingerprint density at radius 3 is 2.86 bits per heavy atom. The van der Waals surface area contributed by atoms with Gasteiger partial charge in [-0.2, -0.15) is 0 Å². The number of nitrogens with one attached hydrogen (secondary N) is 1. The third-order valence-corrected chi connectivity index (χ3v) is 1.96. The first-order valence-corrected chi connectivity index (χ1v) is 4.48. The Hall–Kier alpha value is -1.61. The first kappa shape index (κ1) is 10.5. The summed E-state index contributed by atoms with van der Waals surface area (Å²) in [7, 11) is 0. The number of hydrogen-bond acceptors (Lipinski definition) is 2. The van der Waals surface area contributed by atoms with Gasteiger partial charge in [0.2, 0.25) is 0 Å². The maximum absolute atomic E-state index is 10.7. The highest BCUT2D eigenvalue weighted by atomic mass is 16.5. The zero-order chi connectivity index (χ0) is 10.4. The van der Waals surface area contributed by atoms with Crippen LogP contribution >= 0.6 is 0 Å². The average Bonchev–Trinajstić information content (AvgIpc) is 2.26. The summed E-state index contributed by atoms with van der Waals surface area (Å²) in [5.74, 6) is -0.518. The SMILES string of the molecule is CCc1ccccc1/C=C/C(=O)NO. The van der Waals surface area contributed by atoms with Crippen molar-refractivity contribution in [3.05, 3.63) is 41.5 Å². The van der Waals surface area contributed by atoms with Gasteiger partial charge in [0.25, 0.3) is 5.91 Å². The van der Waals surface area contributed by atoms with E-state index in [9.17, 15) is 4.79 Å². The lowest BCUT2D eigenvalue weighted by atomic mass is 10.1. The van der Waals surface area contributed by atoms with Crippen molar-refractivity contribution in [2.24, 2.45) is 0 Å². The minimum atomic E-state index is -0.518. The van der Waals surface area contributed by atoms with E-state index in [-0.39, 0.29) is 0 Å². The summed E-state index contributed by atoms with van der Waals surface area (Å²) < 4.78 is 0. The first-order valence-electron chi connectivity index (χ1n) is 4.48. The fraction of sp³-hybridized carbons (Fsp3) is 0.182. The molecule has 0 spiro atoms. The third-order valence-electron chi connectivity index (χ3n) is 1.96. The van der Waals surface area contributed by atoms with E-state index in [1.54, 1.807) is 11.6 Å². The Bertz CT molecular complexity index is 345. The minimum Gasteiger partial charge on any atom is -0.288 e. The Morgan fingerprint density at radius 2 is 2.21 bits per heavy atom. The van der Waals surface area contributed by atoms with Gasteiger partial charge in [0.15, 0.2) is 0 Å². The molecule has 14 heavy (non-hydrogen) atoms. The van der Waals surface area contributed by atoms with Gasteiger partial charge < -0.3 is 0 Å². The van der Waals surface area contributed by atoms with Crippen LogP contribution in [0.25, 0.3) is 6.08 Å². The van der Waals surface area contributed by atoms with E-state index in [1.165, 1.54) is 11.6 Å². The number of aryl methyl sites for hydroxylation is 1. The maximum Gasteiger partial charge on any atom is 0.267 e. The fourth-order valence-corrected chi connectivity index (χ4v) is 1.22. The van der Waals surface area contributed by atoms with E-state index in [1.807, 2.05) is 24.3 Å². The number of hydroxylamine groups is 1. The average molecular weight is 191 g/mol. The van der Waals surface area contributed by atoms with Crippen LogP contribution in [0.15, 0.2) is 30.3 Å². The Labute approximate surface area is 83.0 Å². The van der Waals surface area contributed by atoms with Gasteiger partial charge in [-0.05, 0) is 23.6 Å². The zero-order valence-electron chi connectivity index (χ0n) is 8.03. The molecule has 0 aliphatic rings. The second kappa shape index (κ2) is 5.19. The van der Waals surface area contributed by atoms with Gasteiger partial charge in [-0.15, -0.1) is 0 Å². The van der Waals surface area contributed by atoms with E-state index in [2.05, 4.69) is 6.92 Å². The molecule has 0 heterocycles. The lowest BCUT2D eigenvalue weighted by Gasteiger charge is -2.01. The summed E-state index contributed by atoms with van der Waals surface area (Å²) in [6.45, 7) is 2.05. The highest BCUT2D eigenvalue weighted by Crippen LogP contribution is 2.10. The second-order valence-corrected chi connectivity index (χ2v) is 2.86. The zero-order valence-corrected chi connectivity index (χ0v) is 8.03. The molecule has 1 aromatic carbocycles. The molecule has 0 fully saturated rings. The van der Waals surface area contributed by atoms with Crippen molar-refractivity contribution in [3.8, 4) is 0 Å². The molecule has 0 aromatic heterocycles. The van der Waals surface area contributed by atoms with Crippen molar-refractivity contribution in [2.45, 2.75) is 13.3 Å². The third kappa shape index (κ3) is 2.71. The van der Waals surface area contributed by atoms with Gasteiger partial charge in [-0.1, -0.05) is 31.2 Å². The Kier molecular flexibility index (Phi) is 3.88. The van der Waals surface area contributed by atoms with E-state index in [0.717, 1.165) is 12.0 Å². The van der Waals surface area contributed by atoms with Crippen molar-refractivity contribution in [3.63, 3.8) is 0 Å². The Morgan fingerprint density at radius 1 is 1.50 bits per heavy atom. The van der Waals surface area contributed by atoms with Crippen molar-refractivity contribution in [1.82, 2.24) is 5.48 Å². The van der Waals surface area contributed by atoms with E-state index < -0.39 is 5.91 Å². The van der Waals surface area contributed by atoms with Gasteiger partial charge in [-0.3, -0.25) is 10.0 Å². The van der Waals surface area contributed by atoms with Crippen LogP contribution in [0.4, 0.5) is 0 Å². The summed E-state index contributed by atoms with van der Waals surface area (Å²) in [5.41, 5.74) is 3.72. The molecule has 0 atom stereocenters. The Balaban J connectivity index is 2.85. The summed E-state index contributed by atoms with van der Waals surface area (Å²) in [5, 5.41) is 8.29. The lowest BCUT2D eigenvalue weighted by molar-refractivity contribution is -0.124. The molecule has 0 aliphatic heterocycles. The molecule has 0 saturated carbocycles. The van der Waals surface area contributed by atoms with Crippen LogP contribution in [0.5, 0.6) is 0 Å². The highest BCUT2D eigenvalue weighted by Gasteiger charge is 1.96. The molecule has 1 rings (SSSR count). The topological polar surface area (TPSA) is 49.3 Å². The van der Waals surface area contributed by atoms with Gasteiger partial charge in [0, 0.05) is 6.08 Å². The first-order chi connectivity index (χ1) is 6.77. The van der Waals surface area contributed by atoms with Gasteiger partial charge in [-0.25, -0.2) is 5.48 Å². The molecule has 3 nitrogen and oxygen atoms in total. The van der Waals surface area contributed by atoms with Crippen LogP contribution in [-0.4, -0.2) is 11.1 Å². The van der Waals surface area contributed by atoms with E-state index in [4.69, 9.17) is 5.21 Å². The van der Waals surface area contributed by atoms with Crippen LogP contribution < -0.4 is 5.48 Å². The molecule has 1 aromatic rings. The lowest BCUT2D eigenvalue weighted by Crippen LogP contribution is -2.14. The summed E-state index contributed by atoms with van der Waals surface area (Å²) >= 11 is 0.